The predicted molar refractivity (Wildman–Crippen MR) is 64.4 cm³/mol. The van der Waals surface area contributed by atoms with Crippen molar-refractivity contribution in [1.29, 1.82) is 0 Å². The number of aromatic nitrogens is 3. The van der Waals surface area contributed by atoms with Crippen molar-refractivity contribution in [2.75, 3.05) is 0 Å². The lowest BCUT2D eigenvalue weighted by Gasteiger charge is -2.05. The van der Waals surface area contributed by atoms with Gasteiger partial charge in [-0.05, 0) is 6.92 Å². The highest BCUT2D eigenvalue weighted by molar-refractivity contribution is 7.89. The van der Waals surface area contributed by atoms with Crippen molar-refractivity contribution >= 4 is 10.0 Å². The molecule has 0 saturated heterocycles. The lowest BCUT2D eigenvalue weighted by molar-refractivity contribution is 0.580. The highest BCUT2D eigenvalue weighted by Crippen LogP contribution is 2.05. The Morgan fingerprint density at radius 1 is 1.44 bits per heavy atom. The smallest absolute Gasteiger partial charge is 0.246 e. The fraction of sp³-hybridized carbons (Fsp3) is 0.200. The third-order valence-corrected chi connectivity index (χ3v) is 3.89. The Kier molecular flexibility index (Phi) is 3.30. The minimum absolute atomic E-state index is 0.0823. The minimum Gasteiger partial charge on any atom is -0.366 e. The molecule has 8 heteroatoms. The average Bonchev–Trinajstić information content (AvgIpc) is 2.73. The first kappa shape index (κ1) is 12.5. The van der Waals surface area contributed by atoms with Gasteiger partial charge in [0.1, 0.15) is 4.90 Å². The summed E-state index contributed by atoms with van der Waals surface area (Å²) in [6, 6.07) is 1.16. The molecular formula is C10H12N4O3S. The van der Waals surface area contributed by atoms with Crippen LogP contribution >= 0.6 is 0 Å². The third-order valence-electron chi connectivity index (χ3n) is 2.46. The first-order chi connectivity index (χ1) is 8.50. The molecule has 7 nitrogen and oxygen atoms in total. The number of aromatic amines is 2. The monoisotopic (exact) mass is 268 g/mol. The summed E-state index contributed by atoms with van der Waals surface area (Å²) in [6.07, 6.45) is 4.07. The molecule has 2 aromatic heterocycles. The first-order valence-electron chi connectivity index (χ1n) is 5.16. The molecule has 0 aliphatic carbocycles. The summed E-state index contributed by atoms with van der Waals surface area (Å²) in [4.78, 5) is 13.7. The Hall–Kier alpha value is -1.93. The normalized spacial score (nSPS) is 11.6. The van der Waals surface area contributed by atoms with Crippen molar-refractivity contribution < 1.29 is 8.42 Å². The van der Waals surface area contributed by atoms with Gasteiger partial charge in [-0.15, -0.1) is 0 Å². The number of nitrogens with zero attached hydrogens (tertiary/aromatic N) is 1. The maximum Gasteiger partial charge on any atom is 0.246 e. The summed E-state index contributed by atoms with van der Waals surface area (Å²) in [7, 11) is -3.82. The molecule has 0 saturated carbocycles. The molecule has 0 aromatic carbocycles. The van der Waals surface area contributed by atoms with E-state index in [1.807, 2.05) is 0 Å². The zero-order valence-corrected chi connectivity index (χ0v) is 10.4. The molecule has 18 heavy (non-hydrogen) atoms. The molecule has 0 bridgehead atoms. The van der Waals surface area contributed by atoms with E-state index in [0.29, 0.717) is 0 Å². The molecule has 0 fully saturated rings. The molecule has 0 spiro atoms. The first-order valence-corrected chi connectivity index (χ1v) is 6.64. The molecule has 2 aromatic rings. The van der Waals surface area contributed by atoms with Crippen LogP contribution in [0, 0.1) is 6.92 Å². The Labute approximate surface area is 103 Å². The van der Waals surface area contributed by atoms with Crippen LogP contribution in [0.25, 0.3) is 0 Å². The van der Waals surface area contributed by atoms with Gasteiger partial charge in [-0.2, -0.15) is 5.10 Å². The van der Waals surface area contributed by atoms with Crippen LogP contribution in [-0.2, 0) is 16.6 Å². The second-order valence-corrected chi connectivity index (χ2v) is 5.45. The van der Waals surface area contributed by atoms with Gasteiger partial charge in [-0.3, -0.25) is 9.89 Å². The van der Waals surface area contributed by atoms with E-state index in [4.69, 9.17) is 0 Å². The van der Waals surface area contributed by atoms with Crippen LogP contribution < -0.4 is 10.2 Å². The maximum absolute atomic E-state index is 11.9. The van der Waals surface area contributed by atoms with Crippen molar-refractivity contribution in [3.63, 3.8) is 0 Å². The molecule has 0 aliphatic heterocycles. The number of H-pyrrole nitrogens is 2. The van der Waals surface area contributed by atoms with Gasteiger partial charge in [-0.1, -0.05) is 0 Å². The number of nitrogens with one attached hydrogen (secondary N) is 3. The Bertz CT molecular complexity index is 702. The number of aryl methyl sites for hydroxylation is 1. The van der Waals surface area contributed by atoms with Gasteiger partial charge in [0.15, 0.2) is 0 Å². The number of hydrogen-bond acceptors (Lipinski definition) is 4. The molecule has 0 unspecified atom stereocenters. The molecule has 96 valence electrons. The zero-order chi connectivity index (χ0) is 13.2. The maximum atomic E-state index is 11.9. The number of sulfonamides is 1. The zero-order valence-electron chi connectivity index (χ0n) is 9.60. The van der Waals surface area contributed by atoms with Crippen molar-refractivity contribution in [1.82, 2.24) is 19.9 Å². The van der Waals surface area contributed by atoms with E-state index in [0.717, 1.165) is 23.5 Å². The van der Waals surface area contributed by atoms with E-state index in [9.17, 15) is 13.2 Å². The largest absolute Gasteiger partial charge is 0.366 e. The van der Waals surface area contributed by atoms with Crippen molar-refractivity contribution in [2.45, 2.75) is 18.4 Å². The van der Waals surface area contributed by atoms with Gasteiger partial charge in [0.25, 0.3) is 0 Å². The van der Waals surface area contributed by atoms with E-state index in [1.54, 1.807) is 6.92 Å². The molecule has 0 atom stereocenters. The van der Waals surface area contributed by atoms with Gasteiger partial charge < -0.3 is 4.98 Å². The van der Waals surface area contributed by atoms with E-state index in [2.05, 4.69) is 19.9 Å². The second-order valence-electron chi connectivity index (χ2n) is 3.72. The molecule has 2 rings (SSSR count). The summed E-state index contributed by atoms with van der Waals surface area (Å²) < 4.78 is 26.1. The van der Waals surface area contributed by atoms with Crippen LogP contribution in [0.5, 0.6) is 0 Å². The summed E-state index contributed by atoms with van der Waals surface area (Å²) in [5.74, 6) is 0. The quantitative estimate of drug-likeness (QED) is 0.718. The number of hydrogen-bond donors (Lipinski definition) is 3. The van der Waals surface area contributed by atoms with Gasteiger partial charge in [0.2, 0.25) is 15.5 Å². The van der Waals surface area contributed by atoms with E-state index in [1.165, 1.54) is 12.4 Å². The highest BCUT2D eigenvalue weighted by Gasteiger charge is 2.17. The van der Waals surface area contributed by atoms with Crippen LogP contribution in [0.15, 0.2) is 34.3 Å². The van der Waals surface area contributed by atoms with E-state index in [-0.39, 0.29) is 11.4 Å². The molecule has 3 N–H and O–H groups in total. The van der Waals surface area contributed by atoms with Crippen LogP contribution in [0.4, 0.5) is 0 Å². The lowest BCUT2D eigenvalue weighted by Crippen LogP contribution is -2.28. The third kappa shape index (κ3) is 2.49. The van der Waals surface area contributed by atoms with Gasteiger partial charge >= 0.3 is 0 Å². The molecule has 2 heterocycles. The summed E-state index contributed by atoms with van der Waals surface area (Å²) in [5, 5.41) is 6.49. The van der Waals surface area contributed by atoms with Crippen molar-refractivity contribution in [3.8, 4) is 0 Å². The number of pyridine rings is 1. The van der Waals surface area contributed by atoms with Crippen LogP contribution in [0.3, 0.4) is 0 Å². The molecule has 0 aliphatic rings. The SMILES string of the molecule is Cc1[nH]ncc1CNS(=O)(=O)c1c[nH]ccc1=O. The van der Waals surface area contributed by atoms with E-state index >= 15 is 0 Å². The highest BCUT2D eigenvalue weighted by atomic mass is 32.2. The van der Waals surface area contributed by atoms with E-state index < -0.39 is 15.5 Å². The number of rotatable bonds is 4. The van der Waals surface area contributed by atoms with Crippen LogP contribution in [-0.4, -0.2) is 23.6 Å². The van der Waals surface area contributed by atoms with Crippen molar-refractivity contribution in [3.05, 3.63) is 46.1 Å². The van der Waals surface area contributed by atoms with Gasteiger partial charge in [0.05, 0.1) is 6.20 Å². The Morgan fingerprint density at radius 3 is 2.83 bits per heavy atom. The molecular weight excluding hydrogens is 256 g/mol. The average molecular weight is 268 g/mol. The predicted octanol–water partition coefficient (Wildman–Crippen LogP) is -0.115. The lowest BCUT2D eigenvalue weighted by atomic mass is 10.3. The Morgan fingerprint density at radius 2 is 2.22 bits per heavy atom. The summed E-state index contributed by atoms with van der Waals surface area (Å²) in [6.45, 7) is 1.87. The van der Waals surface area contributed by atoms with Crippen molar-refractivity contribution in [2.24, 2.45) is 0 Å². The molecule has 0 radical (unpaired) electrons. The second kappa shape index (κ2) is 4.75. The summed E-state index contributed by atoms with van der Waals surface area (Å²) >= 11 is 0. The minimum atomic E-state index is -3.82. The topological polar surface area (TPSA) is 108 Å². The Balaban J connectivity index is 2.21. The van der Waals surface area contributed by atoms with Gasteiger partial charge in [-0.25, -0.2) is 13.1 Å². The van der Waals surface area contributed by atoms with Crippen LogP contribution in [0.2, 0.25) is 0 Å². The fourth-order valence-electron chi connectivity index (χ4n) is 1.42. The standard InChI is InChI=1S/C10H12N4O3S/c1-7-8(4-12-14-7)5-13-18(16,17)10-6-11-3-2-9(10)15/h2-4,6,13H,5H2,1H3,(H,11,15)(H,12,14). The summed E-state index contributed by atoms with van der Waals surface area (Å²) in [5.41, 5.74) is 0.954. The molecule has 0 amide bonds. The fourth-order valence-corrected chi connectivity index (χ4v) is 2.47. The van der Waals surface area contributed by atoms with Gasteiger partial charge in [0, 0.05) is 36.3 Å². The van der Waals surface area contributed by atoms with Crippen LogP contribution in [0.1, 0.15) is 11.3 Å².